The minimum absolute atomic E-state index is 0.00307. The first-order valence-corrected chi connectivity index (χ1v) is 7.00. The maximum Gasteiger partial charge on any atom is 0.225 e. The molecule has 1 aliphatic carbocycles. The monoisotopic (exact) mass is 270 g/mol. The minimum Gasteiger partial charge on any atom is -0.388 e. The van der Waals surface area contributed by atoms with Crippen molar-refractivity contribution in [3.05, 3.63) is 0 Å². The second-order valence-corrected chi connectivity index (χ2v) is 6.46. The molecule has 0 aromatic heterocycles. The van der Waals surface area contributed by atoms with Crippen LogP contribution in [0.3, 0.4) is 0 Å². The molecule has 0 aromatic carbocycles. The molecule has 0 atom stereocenters. The highest BCUT2D eigenvalue weighted by Gasteiger charge is 2.34. The van der Waals surface area contributed by atoms with Gasteiger partial charge >= 0.3 is 0 Å². The van der Waals surface area contributed by atoms with Crippen LogP contribution in [0.1, 0.15) is 52.9 Å². The van der Waals surface area contributed by atoms with E-state index in [-0.39, 0.29) is 11.8 Å². The second-order valence-electron chi connectivity index (χ2n) is 6.46. The Kier molecular flexibility index (Phi) is 5.35. The molecule has 0 saturated heterocycles. The van der Waals surface area contributed by atoms with E-state index in [1.54, 1.807) is 0 Å². The van der Waals surface area contributed by atoms with Crippen molar-refractivity contribution in [2.24, 2.45) is 5.41 Å². The molecule has 5 nitrogen and oxygen atoms in total. The summed E-state index contributed by atoms with van der Waals surface area (Å²) in [6.45, 7) is 6.42. The van der Waals surface area contributed by atoms with Gasteiger partial charge in [-0.1, -0.05) is 20.8 Å². The first-order valence-electron chi connectivity index (χ1n) is 7.00. The van der Waals surface area contributed by atoms with Crippen molar-refractivity contribution in [1.82, 2.24) is 10.6 Å². The van der Waals surface area contributed by atoms with Crippen molar-refractivity contribution in [2.75, 3.05) is 13.1 Å². The Bertz CT molecular complexity index is 330. The Hall–Kier alpha value is -1.10. The van der Waals surface area contributed by atoms with Gasteiger partial charge in [-0.2, -0.15) is 0 Å². The molecular weight excluding hydrogens is 244 g/mol. The third-order valence-electron chi connectivity index (χ3n) is 3.45. The van der Waals surface area contributed by atoms with Crippen LogP contribution in [0.15, 0.2) is 0 Å². The van der Waals surface area contributed by atoms with Crippen LogP contribution >= 0.6 is 0 Å². The zero-order valence-corrected chi connectivity index (χ0v) is 12.2. The van der Waals surface area contributed by atoms with Crippen LogP contribution in [0.2, 0.25) is 0 Å². The summed E-state index contributed by atoms with van der Waals surface area (Å²) in [4.78, 5) is 23.1. The molecule has 3 N–H and O–H groups in total. The number of hydrogen-bond acceptors (Lipinski definition) is 3. The minimum atomic E-state index is -0.671. The first kappa shape index (κ1) is 16.0. The Morgan fingerprint density at radius 1 is 1.21 bits per heavy atom. The second kappa shape index (κ2) is 6.37. The van der Waals surface area contributed by atoms with E-state index in [1.165, 1.54) is 0 Å². The maximum atomic E-state index is 11.6. The molecule has 1 fully saturated rings. The van der Waals surface area contributed by atoms with Gasteiger partial charge in [0.05, 0.1) is 5.60 Å². The van der Waals surface area contributed by atoms with Crippen LogP contribution in [0.25, 0.3) is 0 Å². The fourth-order valence-electron chi connectivity index (χ4n) is 1.83. The first-order chi connectivity index (χ1) is 8.73. The summed E-state index contributed by atoms with van der Waals surface area (Å²) in [5.41, 5.74) is -1.06. The molecule has 19 heavy (non-hydrogen) atoms. The average Bonchev–Trinajstić information content (AvgIpc) is 2.28. The number of amides is 2. The summed E-state index contributed by atoms with van der Waals surface area (Å²) >= 11 is 0. The third kappa shape index (κ3) is 5.59. The van der Waals surface area contributed by atoms with Gasteiger partial charge in [-0.3, -0.25) is 9.59 Å². The van der Waals surface area contributed by atoms with Crippen LogP contribution in [0, 0.1) is 5.41 Å². The topological polar surface area (TPSA) is 78.4 Å². The molecule has 1 aliphatic rings. The number of aliphatic hydroxyl groups is 1. The van der Waals surface area contributed by atoms with Gasteiger partial charge in [-0.15, -0.1) is 0 Å². The van der Waals surface area contributed by atoms with Crippen molar-refractivity contribution in [1.29, 1.82) is 0 Å². The van der Waals surface area contributed by atoms with Crippen LogP contribution in [0.5, 0.6) is 0 Å². The molecule has 5 heteroatoms. The highest BCUT2D eigenvalue weighted by Crippen LogP contribution is 2.30. The predicted octanol–water partition coefficient (Wildman–Crippen LogP) is 0.960. The standard InChI is InChI=1S/C14H26N2O3/c1-13(2,3)12(18)15-9-4-6-11(17)16-10-14(19)7-5-8-14/h19H,4-10H2,1-3H3,(H,15,18)(H,16,17). The lowest BCUT2D eigenvalue weighted by atomic mass is 9.80. The van der Waals surface area contributed by atoms with E-state index >= 15 is 0 Å². The summed E-state index contributed by atoms with van der Waals surface area (Å²) in [7, 11) is 0. The van der Waals surface area contributed by atoms with Gasteiger partial charge in [0, 0.05) is 24.9 Å². The van der Waals surface area contributed by atoms with Crippen LogP contribution < -0.4 is 10.6 Å². The van der Waals surface area contributed by atoms with Crippen molar-refractivity contribution < 1.29 is 14.7 Å². The summed E-state index contributed by atoms with van der Waals surface area (Å²) < 4.78 is 0. The Balaban J connectivity index is 2.06. The fourth-order valence-corrected chi connectivity index (χ4v) is 1.83. The van der Waals surface area contributed by atoms with Crippen LogP contribution in [-0.2, 0) is 9.59 Å². The zero-order chi connectivity index (χ0) is 14.5. The average molecular weight is 270 g/mol. The Morgan fingerprint density at radius 3 is 2.32 bits per heavy atom. The lowest BCUT2D eigenvalue weighted by molar-refractivity contribution is -0.129. The Labute approximate surface area is 115 Å². The number of carbonyl (C=O) groups is 2. The molecule has 0 heterocycles. The number of rotatable bonds is 6. The molecule has 0 aliphatic heterocycles. The molecule has 2 amide bonds. The van der Waals surface area contributed by atoms with E-state index in [0.29, 0.717) is 25.9 Å². The van der Waals surface area contributed by atoms with E-state index in [1.807, 2.05) is 20.8 Å². The van der Waals surface area contributed by atoms with Crippen LogP contribution in [0.4, 0.5) is 0 Å². The molecule has 0 spiro atoms. The summed E-state index contributed by atoms with van der Waals surface area (Å²) in [6, 6.07) is 0. The van der Waals surface area contributed by atoms with E-state index in [9.17, 15) is 14.7 Å². The molecule has 0 unspecified atom stereocenters. The van der Waals surface area contributed by atoms with E-state index in [0.717, 1.165) is 19.3 Å². The largest absolute Gasteiger partial charge is 0.388 e. The summed E-state index contributed by atoms with van der Waals surface area (Å²) in [6.07, 6.45) is 3.57. The number of hydrogen-bond donors (Lipinski definition) is 3. The van der Waals surface area contributed by atoms with E-state index in [4.69, 9.17) is 0 Å². The zero-order valence-electron chi connectivity index (χ0n) is 12.2. The fraction of sp³-hybridized carbons (Fsp3) is 0.857. The van der Waals surface area contributed by atoms with Crippen molar-refractivity contribution in [3.8, 4) is 0 Å². The van der Waals surface area contributed by atoms with Gasteiger partial charge in [-0.25, -0.2) is 0 Å². The third-order valence-corrected chi connectivity index (χ3v) is 3.45. The lowest BCUT2D eigenvalue weighted by Gasteiger charge is -2.36. The van der Waals surface area contributed by atoms with Gasteiger partial charge in [0.25, 0.3) is 0 Å². The normalized spacial score (nSPS) is 17.5. The van der Waals surface area contributed by atoms with E-state index in [2.05, 4.69) is 10.6 Å². The number of carbonyl (C=O) groups excluding carboxylic acids is 2. The van der Waals surface area contributed by atoms with Gasteiger partial charge in [0.15, 0.2) is 0 Å². The molecule has 0 bridgehead atoms. The van der Waals surface area contributed by atoms with E-state index < -0.39 is 11.0 Å². The smallest absolute Gasteiger partial charge is 0.225 e. The summed E-state index contributed by atoms with van der Waals surface area (Å²) in [5, 5.41) is 15.4. The molecule has 0 radical (unpaired) electrons. The maximum absolute atomic E-state index is 11.6. The quantitative estimate of drug-likeness (QED) is 0.629. The highest BCUT2D eigenvalue weighted by molar-refractivity contribution is 5.81. The number of nitrogens with one attached hydrogen (secondary N) is 2. The van der Waals surface area contributed by atoms with Crippen molar-refractivity contribution >= 4 is 11.8 Å². The predicted molar refractivity (Wildman–Crippen MR) is 73.5 cm³/mol. The molecule has 0 aromatic rings. The van der Waals surface area contributed by atoms with Crippen molar-refractivity contribution in [2.45, 2.75) is 58.5 Å². The SMILES string of the molecule is CC(C)(C)C(=O)NCCCC(=O)NCC1(O)CCC1. The van der Waals surface area contributed by atoms with Gasteiger partial charge in [0.1, 0.15) is 0 Å². The van der Waals surface area contributed by atoms with Gasteiger partial charge in [-0.05, 0) is 25.7 Å². The van der Waals surface area contributed by atoms with Gasteiger partial charge in [0.2, 0.25) is 11.8 Å². The molecule has 1 rings (SSSR count). The summed E-state index contributed by atoms with van der Waals surface area (Å²) in [5.74, 6) is -0.0676. The molecule has 1 saturated carbocycles. The Morgan fingerprint density at radius 2 is 1.84 bits per heavy atom. The van der Waals surface area contributed by atoms with Gasteiger partial charge < -0.3 is 15.7 Å². The highest BCUT2D eigenvalue weighted by atomic mass is 16.3. The molecular formula is C14H26N2O3. The molecule has 110 valence electrons. The lowest BCUT2D eigenvalue weighted by Crippen LogP contribution is -2.47. The van der Waals surface area contributed by atoms with Crippen molar-refractivity contribution in [3.63, 3.8) is 0 Å². The van der Waals surface area contributed by atoms with Crippen LogP contribution in [-0.4, -0.2) is 35.6 Å².